The number of halogens is 2. The van der Waals surface area contributed by atoms with Crippen molar-refractivity contribution in [1.82, 2.24) is 5.32 Å². The second-order valence-corrected chi connectivity index (χ2v) is 3.79. The van der Waals surface area contributed by atoms with Gasteiger partial charge in [-0.2, -0.15) is 0 Å². The zero-order valence-corrected chi connectivity index (χ0v) is 10.1. The number of carboxylic acids is 1. The van der Waals surface area contributed by atoms with Gasteiger partial charge in [0.25, 0.3) is 6.43 Å². The Balaban J connectivity index is 2.26. The third kappa shape index (κ3) is 5.62. The molecule has 5 nitrogen and oxygen atoms in total. The number of carboxylic acid groups (broad SMARTS) is 1. The number of hydrogen-bond donors (Lipinski definition) is 3. The van der Waals surface area contributed by atoms with Gasteiger partial charge in [0, 0.05) is 13.1 Å². The Hall–Kier alpha value is -1.73. The third-order valence-corrected chi connectivity index (χ3v) is 2.27. The number of ether oxygens (including phenoxy) is 1. The van der Waals surface area contributed by atoms with Gasteiger partial charge in [-0.05, 0) is 18.2 Å². The molecule has 19 heavy (non-hydrogen) atoms. The minimum Gasteiger partial charge on any atom is -0.492 e. The molecule has 0 bridgehead atoms. The maximum absolute atomic E-state index is 11.9. The van der Waals surface area contributed by atoms with Crippen LogP contribution in [0.3, 0.4) is 0 Å². The van der Waals surface area contributed by atoms with Crippen molar-refractivity contribution in [1.29, 1.82) is 0 Å². The van der Waals surface area contributed by atoms with Crippen LogP contribution in [0.2, 0.25) is 0 Å². The number of rotatable bonds is 8. The van der Waals surface area contributed by atoms with Crippen molar-refractivity contribution in [2.24, 2.45) is 0 Å². The SMILES string of the molecule is O=C(O)c1cccc(OCCNCC(O)C(F)F)c1. The molecule has 0 saturated carbocycles. The van der Waals surface area contributed by atoms with Gasteiger partial charge >= 0.3 is 5.97 Å². The van der Waals surface area contributed by atoms with E-state index >= 15 is 0 Å². The van der Waals surface area contributed by atoms with E-state index in [4.69, 9.17) is 14.9 Å². The quantitative estimate of drug-likeness (QED) is 0.616. The summed E-state index contributed by atoms with van der Waals surface area (Å²) in [6, 6.07) is 5.95. The first-order chi connectivity index (χ1) is 9.00. The normalized spacial score (nSPS) is 12.4. The Labute approximate surface area is 108 Å². The number of benzene rings is 1. The molecule has 0 aliphatic carbocycles. The molecule has 0 heterocycles. The predicted molar refractivity (Wildman–Crippen MR) is 63.8 cm³/mol. The monoisotopic (exact) mass is 275 g/mol. The number of alkyl halides is 2. The van der Waals surface area contributed by atoms with Gasteiger partial charge in [-0.3, -0.25) is 0 Å². The summed E-state index contributed by atoms with van der Waals surface area (Å²) in [5.41, 5.74) is 0.110. The van der Waals surface area contributed by atoms with Crippen LogP contribution in [0.1, 0.15) is 10.4 Å². The smallest absolute Gasteiger partial charge is 0.335 e. The van der Waals surface area contributed by atoms with Crippen LogP contribution in [0.25, 0.3) is 0 Å². The topological polar surface area (TPSA) is 78.8 Å². The minimum absolute atomic E-state index is 0.110. The van der Waals surface area contributed by atoms with Gasteiger partial charge < -0.3 is 20.3 Å². The van der Waals surface area contributed by atoms with Crippen molar-refractivity contribution in [3.63, 3.8) is 0 Å². The van der Waals surface area contributed by atoms with E-state index in [1.165, 1.54) is 12.1 Å². The molecule has 106 valence electrons. The predicted octanol–water partition coefficient (Wildman–Crippen LogP) is 0.979. The Morgan fingerprint density at radius 2 is 2.16 bits per heavy atom. The van der Waals surface area contributed by atoms with Crippen molar-refractivity contribution < 1.29 is 28.5 Å². The van der Waals surface area contributed by atoms with Gasteiger partial charge in [-0.15, -0.1) is 0 Å². The fourth-order valence-electron chi connectivity index (χ4n) is 1.30. The van der Waals surface area contributed by atoms with Crippen molar-refractivity contribution in [2.45, 2.75) is 12.5 Å². The summed E-state index contributed by atoms with van der Waals surface area (Å²) in [6.45, 7) is 0.219. The van der Waals surface area contributed by atoms with E-state index in [2.05, 4.69) is 5.32 Å². The summed E-state index contributed by atoms with van der Waals surface area (Å²) in [4.78, 5) is 10.7. The van der Waals surface area contributed by atoms with Crippen LogP contribution in [0, 0.1) is 0 Å². The minimum atomic E-state index is -2.78. The molecule has 3 N–H and O–H groups in total. The Bertz CT molecular complexity index is 414. The molecule has 0 fully saturated rings. The zero-order chi connectivity index (χ0) is 14.3. The summed E-state index contributed by atoms with van der Waals surface area (Å²) in [7, 11) is 0. The highest BCUT2D eigenvalue weighted by molar-refractivity contribution is 5.87. The molecule has 1 aromatic carbocycles. The fraction of sp³-hybridized carbons (Fsp3) is 0.417. The third-order valence-electron chi connectivity index (χ3n) is 2.27. The Kier molecular flexibility index (Phi) is 6.17. The highest BCUT2D eigenvalue weighted by atomic mass is 19.3. The number of aliphatic hydroxyl groups is 1. The van der Waals surface area contributed by atoms with Crippen LogP contribution in [0.15, 0.2) is 24.3 Å². The summed E-state index contributed by atoms with van der Waals surface area (Å²) in [5, 5.41) is 20.2. The average Bonchev–Trinajstić information content (AvgIpc) is 2.38. The lowest BCUT2D eigenvalue weighted by Gasteiger charge is -2.11. The lowest BCUT2D eigenvalue weighted by molar-refractivity contribution is -0.00346. The molecule has 0 aliphatic rings. The molecule has 1 atom stereocenters. The summed E-state index contributed by atoms with van der Waals surface area (Å²) in [6.07, 6.45) is -4.48. The van der Waals surface area contributed by atoms with Gasteiger partial charge in [-0.1, -0.05) is 6.07 Å². The maximum atomic E-state index is 11.9. The largest absolute Gasteiger partial charge is 0.492 e. The van der Waals surface area contributed by atoms with E-state index in [0.717, 1.165) is 0 Å². The van der Waals surface area contributed by atoms with Crippen LogP contribution in [-0.2, 0) is 0 Å². The molecule has 0 spiro atoms. The Morgan fingerprint density at radius 3 is 2.79 bits per heavy atom. The van der Waals surface area contributed by atoms with Crippen LogP contribution in [0.4, 0.5) is 8.78 Å². The number of aliphatic hydroxyl groups excluding tert-OH is 1. The van der Waals surface area contributed by atoms with Crippen LogP contribution in [-0.4, -0.2) is 48.4 Å². The molecular formula is C12H15F2NO4. The van der Waals surface area contributed by atoms with E-state index in [1.54, 1.807) is 12.1 Å². The second-order valence-electron chi connectivity index (χ2n) is 3.79. The van der Waals surface area contributed by atoms with Crippen LogP contribution in [0.5, 0.6) is 5.75 Å². The first-order valence-electron chi connectivity index (χ1n) is 5.64. The van der Waals surface area contributed by atoms with Crippen molar-refractivity contribution in [2.75, 3.05) is 19.7 Å². The van der Waals surface area contributed by atoms with E-state index in [9.17, 15) is 13.6 Å². The fourth-order valence-corrected chi connectivity index (χ4v) is 1.30. The number of nitrogens with one attached hydrogen (secondary N) is 1. The van der Waals surface area contributed by atoms with Gasteiger partial charge in [0.1, 0.15) is 18.5 Å². The van der Waals surface area contributed by atoms with Crippen LogP contribution >= 0.6 is 0 Å². The first kappa shape index (κ1) is 15.3. The molecule has 0 aliphatic heterocycles. The molecule has 0 aromatic heterocycles. The average molecular weight is 275 g/mol. The summed E-state index contributed by atoms with van der Waals surface area (Å²) >= 11 is 0. The number of aromatic carboxylic acids is 1. The first-order valence-corrected chi connectivity index (χ1v) is 5.64. The summed E-state index contributed by atoms with van der Waals surface area (Å²) in [5.74, 6) is -0.667. The van der Waals surface area contributed by atoms with Crippen molar-refractivity contribution in [3.8, 4) is 5.75 Å². The molecule has 1 rings (SSSR count). The molecule has 1 aromatic rings. The van der Waals surface area contributed by atoms with E-state index in [1.807, 2.05) is 0 Å². The van der Waals surface area contributed by atoms with E-state index in [0.29, 0.717) is 5.75 Å². The molecule has 7 heteroatoms. The van der Waals surface area contributed by atoms with E-state index < -0.39 is 18.5 Å². The maximum Gasteiger partial charge on any atom is 0.335 e. The lowest BCUT2D eigenvalue weighted by atomic mass is 10.2. The number of hydrogen-bond acceptors (Lipinski definition) is 4. The standard InChI is InChI=1S/C12H15F2NO4/c13-11(14)10(16)7-15-4-5-19-9-3-1-2-8(6-9)12(17)18/h1-3,6,10-11,15-16H,4-5,7H2,(H,17,18). The second kappa shape index (κ2) is 7.65. The molecule has 0 saturated heterocycles. The lowest BCUT2D eigenvalue weighted by Crippen LogP contribution is -2.34. The van der Waals surface area contributed by atoms with Gasteiger partial charge in [0.2, 0.25) is 0 Å². The summed E-state index contributed by atoms with van der Waals surface area (Å²) < 4.78 is 29.1. The highest BCUT2D eigenvalue weighted by Crippen LogP contribution is 2.12. The van der Waals surface area contributed by atoms with Gasteiger partial charge in [0.15, 0.2) is 0 Å². The van der Waals surface area contributed by atoms with Crippen molar-refractivity contribution in [3.05, 3.63) is 29.8 Å². The molecule has 0 amide bonds. The molecule has 1 unspecified atom stereocenters. The number of carbonyl (C=O) groups is 1. The Morgan fingerprint density at radius 1 is 1.42 bits per heavy atom. The molecule has 0 radical (unpaired) electrons. The van der Waals surface area contributed by atoms with Crippen molar-refractivity contribution >= 4 is 5.97 Å². The highest BCUT2D eigenvalue weighted by Gasteiger charge is 2.15. The zero-order valence-electron chi connectivity index (χ0n) is 10.1. The van der Waals surface area contributed by atoms with Gasteiger partial charge in [-0.25, -0.2) is 13.6 Å². The molecular weight excluding hydrogens is 260 g/mol. The van der Waals surface area contributed by atoms with Crippen LogP contribution < -0.4 is 10.1 Å². The van der Waals surface area contributed by atoms with E-state index in [-0.39, 0.29) is 25.3 Å². The van der Waals surface area contributed by atoms with Gasteiger partial charge in [0.05, 0.1) is 5.56 Å².